The van der Waals surface area contributed by atoms with Gasteiger partial charge in [-0.2, -0.15) is 0 Å². The van der Waals surface area contributed by atoms with Gasteiger partial charge in [0.1, 0.15) is 0 Å². The van der Waals surface area contributed by atoms with E-state index < -0.39 is 5.76 Å². The molecule has 3 aromatic rings. The Bertz CT molecular complexity index is 831. The minimum Gasteiger partial charge on any atom is -0.408 e. The molecule has 5 nitrogen and oxygen atoms in total. The summed E-state index contributed by atoms with van der Waals surface area (Å²) in [7, 11) is 0. The fourth-order valence-electron chi connectivity index (χ4n) is 2.35. The number of fused-ring (bicyclic) bond motifs is 1. The Labute approximate surface area is 125 Å². The number of hydrogen-bond donors (Lipinski definition) is 3. The molecule has 0 amide bonds. The zero-order valence-electron chi connectivity index (χ0n) is 11.9. The van der Waals surface area contributed by atoms with Crippen molar-refractivity contribution >= 4 is 33.8 Å². The molecule has 0 radical (unpaired) electrons. The number of benzene rings is 1. The number of nitrogen functional groups attached to an aromatic ring is 1. The van der Waals surface area contributed by atoms with Crippen molar-refractivity contribution in [2.24, 2.45) is 0 Å². The quantitative estimate of drug-likeness (QED) is 0.647. The van der Waals surface area contributed by atoms with Crippen LogP contribution in [0, 0.1) is 6.92 Å². The van der Waals surface area contributed by atoms with Crippen LogP contribution in [0.25, 0.3) is 11.1 Å². The average molecular weight is 303 g/mol. The lowest BCUT2D eigenvalue weighted by atomic mass is 10.1. The van der Waals surface area contributed by atoms with Crippen molar-refractivity contribution in [2.75, 3.05) is 11.1 Å². The Morgan fingerprint density at radius 3 is 2.95 bits per heavy atom. The van der Waals surface area contributed by atoms with Crippen molar-refractivity contribution in [3.63, 3.8) is 0 Å². The van der Waals surface area contributed by atoms with Crippen LogP contribution < -0.4 is 16.8 Å². The Hall–Kier alpha value is -2.21. The zero-order chi connectivity index (χ0) is 15.0. The molecule has 0 spiro atoms. The molecule has 110 valence electrons. The number of aromatic nitrogens is 1. The van der Waals surface area contributed by atoms with E-state index in [1.807, 2.05) is 6.07 Å². The van der Waals surface area contributed by atoms with Crippen molar-refractivity contribution in [3.05, 3.63) is 44.6 Å². The highest BCUT2D eigenvalue weighted by atomic mass is 32.1. The normalized spacial score (nSPS) is 12.7. The molecule has 3 rings (SSSR count). The second kappa shape index (κ2) is 5.29. The van der Waals surface area contributed by atoms with E-state index in [-0.39, 0.29) is 6.04 Å². The molecule has 21 heavy (non-hydrogen) atoms. The maximum atomic E-state index is 11.2. The number of aromatic amines is 1. The van der Waals surface area contributed by atoms with Gasteiger partial charge in [-0.1, -0.05) is 0 Å². The number of hydrogen-bond acceptors (Lipinski definition) is 5. The van der Waals surface area contributed by atoms with E-state index in [1.165, 1.54) is 9.75 Å². The highest BCUT2D eigenvalue weighted by Crippen LogP contribution is 2.26. The van der Waals surface area contributed by atoms with E-state index in [9.17, 15) is 4.79 Å². The van der Waals surface area contributed by atoms with Crippen LogP contribution in [-0.4, -0.2) is 11.0 Å². The van der Waals surface area contributed by atoms with E-state index in [4.69, 9.17) is 10.2 Å². The summed E-state index contributed by atoms with van der Waals surface area (Å²) in [6.07, 6.45) is 0.928. The van der Waals surface area contributed by atoms with Gasteiger partial charge in [-0.05, 0) is 32.0 Å². The van der Waals surface area contributed by atoms with E-state index in [0.717, 1.165) is 12.1 Å². The third-order valence-electron chi connectivity index (χ3n) is 3.30. The molecule has 4 N–H and O–H groups in total. The van der Waals surface area contributed by atoms with Crippen LogP contribution in [0.3, 0.4) is 0 Å². The molecular weight excluding hydrogens is 286 g/mol. The first-order chi connectivity index (χ1) is 10.0. The van der Waals surface area contributed by atoms with Crippen LogP contribution in [0.2, 0.25) is 0 Å². The van der Waals surface area contributed by atoms with Crippen molar-refractivity contribution < 1.29 is 4.42 Å². The molecule has 0 aliphatic heterocycles. The first kappa shape index (κ1) is 13.8. The SMILES string of the molecule is Cc1ccc(CC(C)Nc2cc3[nH]c(=O)oc3cc2N)s1. The fourth-order valence-corrected chi connectivity index (χ4v) is 3.37. The van der Waals surface area contributed by atoms with E-state index in [0.29, 0.717) is 16.8 Å². The summed E-state index contributed by atoms with van der Waals surface area (Å²) in [6.45, 7) is 4.21. The first-order valence-corrected chi connectivity index (χ1v) is 7.57. The van der Waals surface area contributed by atoms with E-state index >= 15 is 0 Å². The summed E-state index contributed by atoms with van der Waals surface area (Å²) < 4.78 is 4.99. The highest BCUT2D eigenvalue weighted by molar-refractivity contribution is 7.11. The third kappa shape index (κ3) is 2.95. The van der Waals surface area contributed by atoms with Crippen LogP contribution in [0.4, 0.5) is 11.4 Å². The minimum absolute atomic E-state index is 0.237. The van der Waals surface area contributed by atoms with Gasteiger partial charge in [0.2, 0.25) is 0 Å². The van der Waals surface area contributed by atoms with Crippen molar-refractivity contribution in [3.8, 4) is 0 Å². The molecule has 2 heterocycles. The molecule has 0 fully saturated rings. The predicted octanol–water partition coefficient (Wildman–Crippen LogP) is 3.12. The van der Waals surface area contributed by atoms with E-state index in [1.54, 1.807) is 17.4 Å². The minimum atomic E-state index is -0.469. The van der Waals surface area contributed by atoms with Gasteiger partial charge < -0.3 is 15.5 Å². The Morgan fingerprint density at radius 1 is 1.43 bits per heavy atom. The number of aryl methyl sites for hydroxylation is 1. The Morgan fingerprint density at radius 2 is 2.24 bits per heavy atom. The topological polar surface area (TPSA) is 84.0 Å². The predicted molar refractivity (Wildman–Crippen MR) is 87.1 cm³/mol. The second-order valence-electron chi connectivity index (χ2n) is 5.21. The average Bonchev–Trinajstić information content (AvgIpc) is 2.95. The van der Waals surface area contributed by atoms with Gasteiger partial charge in [0.25, 0.3) is 0 Å². The maximum absolute atomic E-state index is 11.2. The molecule has 0 aliphatic carbocycles. The third-order valence-corrected chi connectivity index (χ3v) is 4.32. The second-order valence-corrected chi connectivity index (χ2v) is 6.58. The number of thiophene rings is 1. The van der Waals surface area contributed by atoms with Crippen molar-refractivity contribution in [1.82, 2.24) is 4.98 Å². The molecule has 0 saturated carbocycles. The van der Waals surface area contributed by atoms with Crippen LogP contribution in [0.5, 0.6) is 0 Å². The molecule has 1 unspecified atom stereocenters. The smallest absolute Gasteiger partial charge is 0.408 e. The van der Waals surface area contributed by atoms with Gasteiger partial charge in [0.05, 0.1) is 16.9 Å². The molecule has 1 aromatic carbocycles. The summed E-state index contributed by atoms with van der Waals surface area (Å²) in [5, 5.41) is 3.39. The van der Waals surface area contributed by atoms with Crippen LogP contribution in [0.15, 0.2) is 33.5 Å². The molecule has 0 aliphatic rings. The largest absolute Gasteiger partial charge is 0.417 e. The van der Waals surface area contributed by atoms with Gasteiger partial charge in [0, 0.05) is 28.3 Å². The molecule has 0 bridgehead atoms. The molecule has 0 saturated heterocycles. The summed E-state index contributed by atoms with van der Waals surface area (Å²) in [4.78, 5) is 16.5. The highest BCUT2D eigenvalue weighted by Gasteiger charge is 2.10. The van der Waals surface area contributed by atoms with Crippen LogP contribution in [-0.2, 0) is 6.42 Å². The lowest BCUT2D eigenvalue weighted by Gasteiger charge is -2.16. The van der Waals surface area contributed by atoms with Gasteiger partial charge >= 0.3 is 5.76 Å². The van der Waals surface area contributed by atoms with Crippen molar-refractivity contribution in [1.29, 1.82) is 0 Å². The van der Waals surface area contributed by atoms with Crippen molar-refractivity contribution in [2.45, 2.75) is 26.3 Å². The Kier molecular flexibility index (Phi) is 3.47. The molecular formula is C15H17N3O2S. The fraction of sp³-hybridized carbons (Fsp3) is 0.267. The standard InChI is InChI=1S/C15H17N3O2S/c1-8(5-10-4-3-9(2)21-10)17-12-7-13-14(6-11(12)16)20-15(19)18-13/h3-4,6-8,17H,5,16H2,1-2H3,(H,18,19). The monoisotopic (exact) mass is 303 g/mol. The van der Waals surface area contributed by atoms with Crippen LogP contribution in [0.1, 0.15) is 16.7 Å². The van der Waals surface area contributed by atoms with Gasteiger partial charge in [0.15, 0.2) is 5.58 Å². The number of rotatable bonds is 4. The Balaban J connectivity index is 1.80. The zero-order valence-corrected chi connectivity index (χ0v) is 12.7. The number of nitrogens with one attached hydrogen (secondary N) is 2. The van der Waals surface area contributed by atoms with Gasteiger partial charge in [-0.3, -0.25) is 4.98 Å². The summed E-state index contributed by atoms with van der Waals surface area (Å²) in [5.41, 5.74) is 8.51. The lowest BCUT2D eigenvalue weighted by molar-refractivity contribution is 0.555. The number of H-pyrrole nitrogens is 1. The number of anilines is 2. The van der Waals surface area contributed by atoms with Gasteiger partial charge in [-0.25, -0.2) is 4.79 Å². The molecule has 1 atom stereocenters. The maximum Gasteiger partial charge on any atom is 0.417 e. The first-order valence-electron chi connectivity index (χ1n) is 6.75. The van der Waals surface area contributed by atoms with E-state index in [2.05, 4.69) is 36.3 Å². The summed E-state index contributed by atoms with van der Waals surface area (Å²) >= 11 is 1.80. The number of oxazole rings is 1. The van der Waals surface area contributed by atoms with Crippen LogP contribution >= 0.6 is 11.3 Å². The lowest BCUT2D eigenvalue weighted by Crippen LogP contribution is -2.18. The molecule has 2 aromatic heterocycles. The number of nitrogens with two attached hydrogens (primary N) is 1. The van der Waals surface area contributed by atoms with Gasteiger partial charge in [-0.15, -0.1) is 11.3 Å². The summed E-state index contributed by atoms with van der Waals surface area (Å²) in [6, 6.07) is 7.99. The molecule has 6 heteroatoms. The summed E-state index contributed by atoms with van der Waals surface area (Å²) in [5.74, 6) is -0.469.